The zero-order chi connectivity index (χ0) is 48.3. The molecule has 2 amide bonds. The van der Waals surface area contributed by atoms with E-state index in [9.17, 15) is 57.9 Å². The van der Waals surface area contributed by atoms with Gasteiger partial charge in [-0.25, -0.2) is 28.6 Å². The third-order valence-corrected chi connectivity index (χ3v) is 13.9. The highest BCUT2D eigenvalue weighted by molar-refractivity contribution is 8.14. The van der Waals surface area contributed by atoms with E-state index in [-0.39, 0.29) is 41.6 Å². The van der Waals surface area contributed by atoms with Gasteiger partial charge in [0.1, 0.15) is 36.3 Å². The second kappa shape index (κ2) is 27.3. The van der Waals surface area contributed by atoms with E-state index in [1.54, 1.807) is 6.08 Å². The van der Waals surface area contributed by atoms with Crippen LogP contribution in [0.3, 0.4) is 0 Å². The van der Waals surface area contributed by atoms with E-state index in [1.165, 1.54) is 71.6 Å². The fourth-order valence-corrected chi connectivity index (χ4v) is 9.86. The van der Waals surface area contributed by atoms with Gasteiger partial charge in [-0.3, -0.25) is 32.5 Å². The molecule has 370 valence electrons. The first kappa shape index (κ1) is 56.6. The van der Waals surface area contributed by atoms with Crippen LogP contribution in [0.1, 0.15) is 110 Å². The quantitative estimate of drug-likeness (QED) is 0.0285. The maximum absolute atomic E-state index is 12.7. The molecule has 24 nitrogen and oxygen atoms in total. The minimum Gasteiger partial charge on any atom is -0.386 e. The monoisotopic (exact) mass is 1000 g/mol. The zero-order valence-electron chi connectivity index (χ0n) is 36.7. The number of fused-ring (bicyclic) bond motifs is 1. The molecule has 3 unspecified atom stereocenters. The number of aromatic nitrogens is 4. The van der Waals surface area contributed by atoms with E-state index >= 15 is 0 Å². The average molecular weight is 1000 g/mol. The third kappa shape index (κ3) is 20.6. The number of aliphatic hydroxyl groups is 2. The molecular weight excluding hydrogens is 939 g/mol. The minimum atomic E-state index is -5.58. The molecule has 65 heavy (non-hydrogen) atoms. The molecule has 0 bridgehead atoms. The van der Waals surface area contributed by atoms with Crippen LogP contribution in [0.4, 0.5) is 5.82 Å². The van der Waals surface area contributed by atoms with Gasteiger partial charge in [-0.05, 0) is 18.9 Å². The zero-order valence-corrected chi connectivity index (χ0v) is 40.2. The highest BCUT2D eigenvalue weighted by atomic mass is 32.2. The molecule has 1 fully saturated rings. The van der Waals surface area contributed by atoms with Crippen molar-refractivity contribution in [2.24, 2.45) is 5.41 Å². The van der Waals surface area contributed by atoms with E-state index in [0.717, 1.165) is 48.2 Å². The number of nitrogens with zero attached hydrogens (tertiary/aromatic N) is 4. The molecule has 0 aromatic carbocycles. The number of nitrogens with two attached hydrogens (primary N) is 1. The molecule has 2 aromatic rings. The summed E-state index contributed by atoms with van der Waals surface area (Å²) < 4.78 is 62.4. The van der Waals surface area contributed by atoms with Crippen molar-refractivity contribution in [3.8, 4) is 0 Å². The minimum absolute atomic E-state index is 0.0322. The van der Waals surface area contributed by atoms with Gasteiger partial charge in [-0.2, -0.15) is 4.31 Å². The van der Waals surface area contributed by atoms with Gasteiger partial charge in [0.25, 0.3) is 0 Å². The second-order valence-corrected chi connectivity index (χ2v) is 21.3. The lowest BCUT2D eigenvalue weighted by Gasteiger charge is -2.30. The van der Waals surface area contributed by atoms with Crippen molar-refractivity contribution < 1.29 is 80.5 Å². The van der Waals surface area contributed by atoms with Gasteiger partial charge in [0.05, 0.1) is 19.5 Å². The van der Waals surface area contributed by atoms with Crippen molar-refractivity contribution in [2.45, 2.75) is 135 Å². The van der Waals surface area contributed by atoms with Gasteiger partial charge < -0.3 is 50.9 Å². The summed E-state index contributed by atoms with van der Waals surface area (Å²) in [6.45, 7) is 2.74. The number of nitrogen functional groups attached to an aromatic ring is 1. The Bertz CT molecular complexity index is 2010. The number of aliphatic hydroxyl groups excluding tert-OH is 2. The number of phosphoric ester groups is 3. The Morgan fingerprint density at radius 1 is 0.938 bits per heavy atom. The molecular formula is C37H64N7O17P3S. The summed E-state index contributed by atoms with van der Waals surface area (Å²) >= 11 is 1.07. The van der Waals surface area contributed by atoms with Crippen molar-refractivity contribution in [2.75, 3.05) is 37.8 Å². The predicted molar refractivity (Wildman–Crippen MR) is 237 cm³/mol. The lowest BCUT2D eigenvalue weighted by atomic mass is 9.87. The van der Waals surface area contributed by atoms with Crippen LogP contribution in [0, 0.1) is 5.41 Å². The summed E-state index contributed by atoms with van der Waals surface area (Å²) in [5, 5.41) is 26.4. The van der Waals surface area contributed by atoms with Crippen molar-refractivity contribution in [1.82, 2.24) is 30.2 Å². The van der Waals surface area contributed by atoms with Gasteiger partial charge in [0.2, 0.25) is 16.9 Å². The molecule has 3 rings (SSSR count). The largest absolute Gasteiger partial charge is 0.481 e. The highest BCUT2D eigenvalue weighted by Gasteiger charge is 2.50. The Morgan fingerprint density at radius 3 is 2.22 bits per heavy atom. The van der Waals surface area contributed by atoms with Crippen LogP contribution in [0.2, 0.25) is 0 Å². The molecule has 0 radical (unpaired) electrons. The molecule has 0 saturated carbocycles. The fourth-order valence-electron chi connectivity index (χ4n) is 6.44. The number of hydrogen-bond acceptors (Lipinski definition) is 18. The SMILES string of the molecule is CCCCCCCCCCCCC/C=C/C(=O)SCCNC(=O)CCNC(=O)[C@H](O)C(C)(C)COP(=O)(O)OP(=O)(O)OC[C@H]1O[C@@H](n2cnc3c(N)ncnc32)C(O)[C@H]1OP(=O)(O)O. The molecule has 1 aliphatic rings. The fraction of sp³-hybridized carbons (Fsp3) is 0.730. The molecule has 0 aliphatic carbocycles. The van der Waals surface area contributed by atoms with Crippen molar-refractivity contribution in [3.63, 3.8) is 0 Å². The molecule has 3 heterocycles. The van der Waals surface area contributed by atoms with Gasteiger partial charge in [0.15, 0.2) is 17.7 Å². The summed E-state index contributed by atoms with van der Waals surface area (Å²) in [5.74, 6) is -1.10. The molecule has 1 aliphatic heterocycles. The molecule has 7 atom stereocenters. The van der Waals surface area contributed by atoms with Crippen LogP contribution in [-0.4, -0.2) is 123 Å². The first-order chi connectivity index (χ1) is 30.6. The van der Waals surface area contributed by atoms with Gasteiger partial charge in [-0.15, -0.1) is 0 Å². The molecule has 28 heteroatoms. The van der Waals surface area contributed by atoms with E-state index in [0.29, 0.717) is 5.75 Å². The van der Waals surface area contributed by atoms with Crippen LogP contribution in [-0.2, 0) is 50.7 Å². The van der Waals surface area contributed by atoms with E-state index in [4.69, 9.17) is 19.5 Å². The number of hydrogen-bond donors (Lipinski definition) is 9. The molecule has 0 spiro atoms. The van der Waals surface area contributed by atoms with E-state index in [2.05, 4.69) is 41.3 Å². The summed E-state index contributed by atoms with van der Waals surface area (Å²) in [6, 6.07) is 0. The Labute approximate surface area is 381 Å². The number of rotatable bonds is 32. The number of nitrogens with one attached hydrogen (secondary N) is 2. The van der Waals surface area contributed by atoms with Crippen LogP contribution >= 0.6 is 35.2 Å². The first-order valence-corrected chi connectivity index (χ1v) is 26.8. The highest BCUT2D eigenvalue weighted by Crippen LogP contribution is 2.61. The lowest BCUT2D eigenvalue weighted by molar-refractivity contribution is -0.137. The average Bonchev–Trinajstić information content (AvgIpc) is 3.79. The standard InChI is InChI=1S/C37H64N7O17P3S/c1-4-5-6-7-8-9-10-11-12-13-14-15-16-17-28(46)65-21-20-39-27(45)18-19-40-35(49)32(48)37(2,3)23-58-64(55,56)61-63(53,54)57-22-26-31(60-62(50,51)52)30(47)36(59-26)44-25-43-29-33(38)41-24-42-34(29)44/h16-17,24-26,30-32,36,47-48H,4-15,18-23H2,1-3H3,(H,39,45)(H,40,49)(H,53,54)(H,55,56)(H2,38,41,42)(H2,50,51,52)/b17-16+/t26-,30?,31+,32+,36-/m1/s1. The lowest BCUT2D eigenvalue weighted by Crippen LogP contribution is -2.46. The number of phosphoric acid groups is 3. The van der Waals surface area contributed by atoms with E-state index in [1.807, 2.05) is 6.08 Å². The van der Waals surface area contributed by atoms with Crippen LogP contribution in [0.5, 0.6) is 0 Å². The summed E-state index contributed by atoms with van der Waals surface area (Å²) in [4.78, 5) is 88.1. The maximum atomic E-state index is 12.7. The Balaban J connectivity index is 1.34. The number of imidazole rings is 1. The number of carbonyl (C=O) groups is 3. The number of thioether (sulfide) groups is 1. The molecule has 10 N–H and O–H groups in total. The van der Waals surface area contributed by atoms with Crippen LogP contribution in [0.25, 0.3) is 11.2 Å². The summed E-state index contributed by atoms with van der Waals surface area (Å²) in [7, 11) is -16.4. The summed E-state index contributed by atoms with van der Waals surface area (Å²) in [6.07, 6.45) is 11.1. The molecule has 1 saturated heterocycles. The topological polar surface area (TPSA) is 364 Å². The number of carbonyl (C=O) groups excluding carboxylic acids is 3. The smallest absolute Gasteiger partial charge is 0.386 e. The molecule has 2 aromatic heterocycles. The third-order valence-electron chi connectivity index (χ3n) is 9.97. The van der Waals surface area contributed by atoms with Crippen LogP contribution in [0.15, 0.2) is 24.8 Å². The van der Waals surface area contributed by atoms with Crippen LogP contribution < -0.4 is 16.4 Å². The summed E-state index contributed by atoms with van der Waals surface area (Å²) in [5.41, 5.74) is 4.28. The Hall–Kier alpha value is -2.70. The first-order valence-electron chi connectivity index (χ1n) is 21.3. The van der Waals surface area contributed by atoms with Gasteiger partial charge >= 0.3 is 23.5 Å². The normalized spacial score (nSPS) is 20.4. The van der Waals surface area contributed by atoms with Crippen molar-refractivity contribution >= 4 is 69.1 Å². The number of anilines is 1. The second-order valence-electron chi connectivity index (χ2n) is 16.0. The van der Waals surface area contributed by atoms with E-state index < -0.39 is 84.6 Å². The maximum Gasteiger partial charge on any atom is 0.481 e. The van der Waals surface area contributed by atoms with Gasteiger partial charge in [0, 0.05) is 30.7 Å². The number of ether oxygens (including phenoxy) is 1. The van der Waals surface area contributed by atoms with Crippen molar-refractivity contribution in [3.05, 3.63) is 24.8 Å². The van der Waals surface area contributed by atoms with Gasteiger partial charge in [-0.1, -0.05) is 103 Å². The number of amides is 2. The predicted octanol–water partition coefficient (Wildman–Crippen LogP) is 3.92. The number of allylic oxidation sites excluding steroid dienone is 1. The number of unbranched alkanes of at least 4 members (excludes halogenated alkanes) is 11. The Morgan fingerprint density at radius 2 is 1.57 bits per heavy atom. The Kier molecular flexibility index (Phi) is 23.8. The van der Waals surface area contributed by atoms with Crippen molar-refractivity contribution in [1.29, 1.82) is 0 Å².